The Morgan fingerprint density at radius 1 is 1.12 bits per heavy atom. The van der Waals surface area contributed by atoms with Crippen LogP contribution < -0.4 is 10.6 Å². The summed E-state index contributed by atoms with van der Waals surface area (Å²) < 4.78 is 11.4. The first kappa shape index (κ1) is 10.9. The highest BCUT2D eigenvalue weighted by atomic mass is 16.7. The molecule has 2 aliphatic heterocycles. The molecule has 0 aliphatic carbocycles. The molecule has 1 spiro atoms. The van der Waals surface area contributed by atoms with Gasteiger partial charge >= 0.3 is 0 Å². The second kappa shape index (κ2) is 4.20. The Balaban J connectivity index is 1.68. The lowest BCUT2D eigenvalue weighted by Gasteiger charge is -2.38. The zero-order valence-corrected chi connectivity index (χ0v) is 9.89. The van der Waals surface area contributed by atoms with Crippen LogP contribution in [-0.4, -0.2) is 32.1 Å². The minimum Gasteiger partial charge on any atom is -0.399 e. The molecule has 17 heavy (non-hydrogen) atoms. The van der Waals surface area contributed by atoms with Crippen molar-refractivity contribution in [2.45, 2.75) is 18.6 Å². The molecule has 2 saturated heterocycles. The van der Waals surface area contributed by atoms with E-state index in [4.69, 9.17) is 15.2 Å². The zero-order chi connectivity index (χ0) is 11.7. The van der Waals surface area contributed by atoms with Crippen LogP contribution in [0, 0.1) is 0 Å². The third kappa shape index (κ3) is 2.10. The Labute approximate surface area is 101 Å². The number of piperidine rings is 1. The molecule has 2 heterocycles. The summed E-state index contributed by atoms with van der Waals surface area (Å²) in [5.74, 6) is -0.295. The molecule has 2 N–H and O–H groups in total. The van der Waals surface area contributed by atoms with Gasteiger partial charge in [-0.3, -0.25) is 0 Å². The summed E-state index contributed by atoms with van der Waals surface area (Å²) in [6, 6.07) is 8.04. The van der Waals surface area contributed by atoms with Gasteiger partial charge in [0.25, 0.3) is 0 Å². The fourth-order valence-electron chi connectivity index (χ4n) is 2.61. The van der Waals surface area contributed by atoms with Crippen molar-refractivity contribution in [1.82, 2.24) is 0 Å². The predicted molar refractivity (Wildman–Crippen MR) is 66.9 cm³/mol. The van der Waals surface area contributed by atoms with Crippen LogP contribution in [0.15, 0.2) is 24.3 Å². The first-order valence-corrected chi connectivity index (χ1v) is 6.16. The highest BCUT2D eigenvalue weighted by molar-refractivity contribution is 5.56. The summed E-state index contributed by atoms with van der Waals surface area (Å²) in [4.78, 5) is 2.34. The monoisotopic (exact) mass is 234 g/mol. The zero-order valence-electron chi connectivity index (χ0n) is 9.89. The molecule has 2 aliphatic rings. The Hall–Kier alpha value is -1.26. The maximum atomic E-state index is 5.80. The van der Waals surface area contributed by atoms with Gasteiger partial charge < -0.3 is 20.1 Å². The number of hydrogen-bond donors (Lipinski definition) is 1. The van der Waals surface area contributed by atoms with Crippen molar-refractivity contribution >= 4 is 11.4 Å². The van der Waals surface area contributed by atoms with Crippen molar-refractivity contribution < 1.29 is 9.47 Å². The SMILES string of the molecule is Nc1cccc(N2CCC3(CC2)OCCO3)c1. The summed E-state index contributed by atoms with van der Waals surface area (Å²) in [7, 11) is 0. The summed E-state index contributed by atoms with van der Waals surface area (Å²) in [5, 5.41) is 0. The highest BCUT2D eigenvalue weighted by Crippen LogP contribution is 2.33. The normalized spacial score (nSPS) is 23.2. The number of ether oxygens (including phenoxy) is 2. The largest absolute Gasteiger partial charge is 0.399 e. The molecule has 3 rings (SSSR count). The van der Waals surface area contributed by atoms with E-state index in [-0.39, 0.29) is 5.79 Å². The van der Waals surface area contributed by atoms with Gasteiger partial charge in [0.05, 0.1) is 13.2 Å². The van der Waals surface area contributed by atoms with E-state index < -0.39 is 0 Å². The van der Waals surface area contributed by atoms with E-state index in [0.717, 1.165) is 44.8 Å². The van der Waals surface area contributed by atoms with E-state index in [1.807, 2.05) is 18.2 Å². The number of rotatable bonds is 1. The van der Waals surface area contributed by atoms with Gasteiger partial charge in [-0.2, -0.15) is 0 Å². The van der Waals surface area contributed by atoms with E-state index in [2.05, 4.69) is 11.0 Å². The third-order valence-corrected chi connectivity index (χ3v) is 3.57. The number of anilines is 2. The van der Waals surface area contributed by atoms with Crippen molar-refractivity contribution in [1.29, 1.82) is 0 Å². The molecule has 92 valence electrons. The minimum atomic E-state index is -0.295. The molecule has 1 aromatic carbocycles. The smallest absolute Gasteiger partial charge is 0.171 e. The third-order valence-electron chi connectivity index (χ3n) is 3.57. The molecule has 0 aromatic heterocycles. The van der Waals surface area contributed by atoms with Gasteiger partial charge in [-0.15, -0.1) is 0 Å². The van der Waals surface area contributed by atoms with E-state index >= 15 is 0 Å². The maximum Gasteiger partial charge on any atom is 0.171 e. The lowest BCUT2D eigenvalue weighted by atomic mass is 10.0. The van der Waals surface area contributed by atoms with E-state index in [9.17, 15) is 0 Å². The van der Waals surface area contributed by atoms with E-state index in [1.54, 1.807) is 0 Å². The van der Waals surface area contributed by atoms with Crippen molar-refractivity contribution in [2.24, 2.45) is 0 Å². The summed E-state index contributed by atoms with van der Waals surface area (Å²) in [6.07, 6.45) is 1.86. The first-order chi connectivity index (χ1) is 8.27. The van der Waals surface area contributed by atoms with Gasteiger partial charge in [-0.1, -0.05) is 6.07 Å². The Bertz CT molecular complexity index is 392. The number of nitrogens with zero attached hydrogens (tertiary/aromatic N) is 1. The van der Waals surface area contributed by atoms with Crippen molar-refractivity contribution in [3.8, 4) is 0 Å². The highest BCUT2D eigenvalue weighted by Gasteiger charge is 2.39. The average Bonchev–Trinajstić information content (AvgIpc) is 2.79. The summed E-state index contributed by atoms with van der Waals surface area (Å²) in [5.41, 5.74) is 7.81. The van der Waals surface area contributed by atoms with Crippen molar-refractivity contribution in [3.63, 3.8) is 0 Å². The summed E-state index contributed by atoms with van der Waals surface area (Å²) in [6.45, 7) is 3.39. The number of nitrogens with two attached hydrogens (primary N) is 1. The molecule has 0 amide bonds. The van der Waals surface area contributed by atoms with Crippen LogP contribution in [0.5, 0.6) is 0 Å². The molecule has 2 fully saturated rings. The van der Waals surface area contributed by atoms with Crippen LogP contribution in [0.4, 0.5) is 11.4 Å². The average molecular weight is 234 g/mol. The van der Waals surface area contributed by atoms with Gasteiger partial charge in [0.1, 0.15) is 0 Å². The molecule has 4 nitrogen and oxygen atoms in total. The van der Waals surface area contributed by atoms with Gasteiger partial charge in [-0.05, 0) is 18.2 Å². The van der Waals surface area contributed by atoms with E-state index in [1.165, 1.54) is 5.69 Å². The standard InChI is InChI=1S/C13H18N2O2/c14-11-2-1-3-12(10-11)15-6-4-13(5-7-15)16-8-9-17-13/h1-3,10H,4-9,14H2. The fraction of sp³-hybridized carbons (Fsp3) is 0.538. The molecule has 4 heteroatoms. The quantitative estimate of drug-likeness (QED) is 0.750. The van der Waals surface area contributed by atoms with Gasteiger partial charge in [-0.25, -0.2) is 0 Å². The molecule has 0 bridgehead atoms. The number of hydrogen-bond acceptors (Lipinski definition) is 4. The number of nitrogen functional groups attached to an aromatic ring is 1. The van der Waals surface area contributed by atoms with E-state index in [0.29, 0.717) is 0 Å². The number of benzene rings is 1. The second-order valence-corrected chi connectivity index (χ2v) is 4.69. The Kier molecular flexibility index (Phi) is 2.68. The van der Waals surface area contributed by atoms with Crippen LogP contribution in [0.25, 0.3) is 0 Å². The topological polar surface area (TPSA) is 47.7 Å². The Morgan fingerprint density at radius 3 is 2.47 bits per heavy atom. The van der Waals surface area contributed by atoms with Crippen LogP contribution in [0.1, 0.15) is 12.8 Å². The maximum absolute atomic E-state index is 5.80. The summed E-state index contributed by atoms with van der Waals surface area (Å²) >= 11 is 0. The van der Waals surface area contributed by atoms with Crippen molar-refractivity contribution in [2.75, 3.05) is 36.9 Å². The minimum absolute atomic E-state index is 0.295. The van der Waals surface area contributed by atoms with Gasteiger partial charge in [0.15, 0.2) is 5.79 Å². The molecule has 0 radical (unpaired) electrons. The lowest BCUT2D eigenvalue weighted by Crippen LogP contribution is -2.45. The van der Waals surface area contributed by atoms with Crippen molar-refractivity contribution in [3.05, 3.63) is 24.3 Å². The predicted octanol–water partition coefficient (Wildman–Crippen LogP) is 1.61. The van der Waals surface area contributed by atoms with Gasteiger partial charge in [0, 0.05) is 37.3 Å². The molecular weight excluding hydrogens is 216 g/mol. The van der Waals surface area contributed by atoms with Crippen LogP contribution >= 0.6 is 0 Å². The van der Waals surface area contributed by atoms with Crippen LogP contribution in [0.2, 0.25) is 0 Å². The molecule has 1 aromatic rings. The second-order valence-electron chi connectivity index (χ2n) is 4.69. The lowest BCUT2D eigenvalue weighted by molar-refractivity contribution is -0.169. The van der Waals surface area contributed by atoms with Gasteiger partial charge in [0.2, 0.25) is 0 Å². The Morgan fingerprint density at radius 2 is 1.82 bits per heavy atom. The van der Waals surface area contributed by atoms with Crippen LogP contribution in [0.3, 0.4) is 0 Å². The molecule has 0 unspecified atom stereocenters. The fourth-order valence-corrected chi connectivity index (χ4v) is 2.61. The molecule has 0 atom stereocenters. The van der Waals surface area contributed by atoms with Crippen LogP contribution in [-0.2, 0) is 9.47 Å². The molecular formula is C13H18N2O2. The molecule has 0 saturated carbocycles. The first-order valence-electron chi connectivity index (χ1n) is 6.16.